The molecule has 2 aliphatic rings. The molecule has 2 N–H and O–H groups in total. The normalized spacial score (nSPS) is 21.8. The monoisotopic (exact) mass is 485 g/mol. The molecule has 1 aromatic heterocycles. The highest BCUT2D eigenvalue weighted by Crippen LogP contribution is 2.40. The zero-order chi connectivity index (χ0) is 22.3. The quantitative estimate of drug-likeness (QED) is 0.509. The van der Waals surface area contributed by atoms with Gasteiger partial charge in [0.15, 0.2) is 0 Å². The summed E-state index contributed by atoms with van der Waals surface area (Å²) >= 11 is 18.7. The van der Waals surface area contributed by atoms with Gasteiger partial charge in [-0.05, 0) is 36.6 Å². The van der Waals surface area contributed by atoms with Gasteiger partial charge >= 0.3 is 0 Å². The van der Waals surface area contributed by atoms with E-state index in [2.05, 4.69) is 5.32 Å². The van der Waals surface area contributed by atoms with Crippen molar-refractivity contribution in [3.63, 3.8) is 0 Å². The molecule has 2 aromatic rings. The Labute approximate surface area is 193 Å². The Morgan fingerprint density at radius 1 is 1.19 bits per heavy atom. The number of carbonyl (C=O) groups is 1. The third-order valence-electron chi connectivity index (χ3n) is 5.78. The van der Waals surface area contributed by atoms with Crippen molar-refractivity contribution in [2.45, 2.75) is 28.8 Å². The molecule has 1 aromatic carbocycles. The van der Waals surface area contributed by atoms with Crippen LogP contribution in [0.5, 0.6) is 0 Å². The fraction of sp³-hybridized carbons (Fsp3) is 0.400. The van der Waals surface area contributed by atoms with Gasteiger partial charge in [0.1, 0.15) is 6.17 Å². The summed E-state index contributed by atoms with van der Waals surface area (Å²) in [7, 11) is 0. The van der Waals surface area contributed by atoms with Crippen LogP contribution < -0.4 is 16.1 Å². The van der Waals surface area contributed by atoms with Crippen molar-refractivity contribution in [1.82, 2.24) is 14.8 Å². The summed E-state index contributed by atoms with van der Waals surface area (Å²) in [6.45, 7) is 1.62. The second-order valence-corrected chi connectivity index (χ2v) is 10.3. The molecule has 1 saturated heterocycles. The van der Waals surface area contributed by atoms with Gasteiger partial charge in [0, 0.05) is 42.9 Å². The molecular formula is C20H20Cl3N4O4-. The van der Waals surface area contributed by atoms with Crippen molar-refractivity contribution < 1.29 is 10.0 Å². The van der Waals surface area contributed by atoms with Crippen molar-refractivity contribution in [2.75, 3.05) is 18.3 Å². The van der Waals surface area contributed by atoms with Gasteiger partial charge in [-0.25, -0.2) is 0 Å². The van der Waals surface area contributed by atoms with Crippen LogP contribution in [0.15, 0.2) is 47.3 Å². The van der Waals surface area contributed by atoms with Crippen LogP contribution in [0.25, 0.3) is 0 Å². The number of rotatable bonds is 4. The zero-order valence-electron chi connectivity index (χ0n) is 16.2. The maximum Gasteiger partial charge on any atom is 0.252 e. The molecule has 0 unspecified atom stereocenters. The van der Waals surface area contributed by atoms with Crippen LogP contribution >= 0.6 is 34.8 Å². The fourth-order valence-electron chi connectivity index (χ4n) is 4.50. The lowest BCUT2D eigenvalue weighted by Crippen LogP contribution is -2.60. The molecule has 0 radical (unpaired) electrons. The van der Waals surface area contributed by atoms with E-state index in [-0.39, 0.29) is 33.9 Å². The predicted molar refractivity (Wildman–Crippen MR) is 119 cm³/mol. The molecule has 11 heteroatoms. The molecule has 3 atom stereocenters. The number of carbonyl (C=O) groups excluding carboxylic acids is 1. The van der Waals surface area contributed by atoms with Crippen LogP contribution in [0.2, 0.25) is 0 Å². The highest BCUT2D eigenvalue weighted by molar-refractivity contribution is 6.68. The smallest absolute Gasteiger partial charge is 0.252 e. The van der Waals surface area contributed by atoms with Crippen LogP contribution in [-0.2, 0) is 6.54 Å². The number of pyridine rings is 1. The number of fused-ring (bicyclic) bond motifs is 4. The Morgan fingerprint density at radius 2 is 1.94 bits per heavy atom. The van der Waals surface area contributed by atoms with Crippen molar-refractivity contribution >= 4 is 46.4 Å². The molecule has 4 rings (SSSR count). The molecular weight excluding hydrogens is 467 g/mol. The lowest BCUT2D eigenvalue weighted by molar-refractivity contribution is 0.0586. The van der Waals surface area contributed by atoms with Crippen molar-refractivity contribution in [2.24, 2.45) is 5.92 Å². The minimum atomic E-state index is -1.82. The van der Waals surface area contributed by atoms with Gasteiger partial charge in [0.05, 0.1) is 5.69 Å². The standard InChI is InChI=1S/C20H20Cl3N4O4/c21-20(22,23)19(24-18(29)13-3-1-4-15(8-13)27(30)31)25-9-12-7-14(11-25)16-5-2-6-17(28)26(16)10-12/h1-6,8,12,14,19,30H,7,9-11H2,(H,24,29)/q-1/t12-,14-,19-/m1/s1. The summed E-state index contributed by atoms with van der Waals surface area (Å²) in [5, 5.41) is 22.6. The summed E-state index contributed by atoms with van der Waals surface area (Å²) in [5.41, 5.74) is 0.963. The van der Waals surface area contributed by atoms with Gasteiger partial charge in [-0.1, -0.05) is 46.9 Å². The van der Waals surface area contributed by atoms with Gasteiger partial charge in [-0.15, -0.1) is 0 Å². The number of halogens is 3. The minimum Gasteiger partial charge on any atom is -0.733 e. The summed E-state index contributed by atoms with van der Waals surface area (Å²) in [4.78, 5) is 27.0. The number of nitrogens with one attached hydrogen (secondary N) is 1. The van der Waals surface area contributed by atoms with E-state index in [0.29, 0.717) is 19.6 Å². The van der Waals surface area contributed by atoms with E-state index >= 15 is 0 Å². The SMILES string of the molecule is O=C(N[C@H](N1C[C@H]2C[C@H](C1)c1cccc(=O)n1C2)C(Cl)(Cl)Cl)c1cccc(N([O-])O)c1. The number of hydrogen-bond acceptors (Lipinski definition) is 6. The number of benzene rings is 1. The van der Waals surface area contributed by atoms with Crippen LogP contribution in [0.1, 0.15) is 28.4 Å². The lowest BCUT2D eigenvalue weighted by atomic mass is 9.83. The largest absolute Gasteiger partial charge is 0.733 e. The Balaban J connectivity index is 1.58. The van der Waals surface area contributed by atoms with E-state index in [0.717, 1.165) is 12.1 Å². The number of amides is 1. The number of alkyl halides is 3. The second-order valence-electron chi connectivity index (χ2n) is 7.89. The first-order valence-electron chi connectivity index (χ1n) is 9.71. The van der Waals surface area contributed by atoms with Crippen LogP contribution in [0.4, 0.5) is 5.69 Å². The number of nitrogens with zero attached hydrogens (tertiary/aromatic N) is 3. The van der Waals surface area contributed by atoms with E-state index in [4.69, 9.17) is 40.0 Å². The number of likely N-dealkylation sites (tertiary alicyclic amines) is 1. The third kappa shape index (κ3) is 4.69. The molecule has 1 fully saturated rings. The van der Waals surface area contributed by atoms with Crippen molar-refractivity contribution in [3.05, 3.63) is 69.3 Å². The van der Waals surface area contributed by atoms with Crippen molar-refractivity contribution in [3.8, 4) is 0 Å². The van der Waals surface area contributed by atoms with E-state index in [9.17, 15) is 14.8 Å². The van der Waals surface area contributed by atoms with Crippen LogP contribution in [0.3, 0.4) is 0 Å². The van der Waals surface area contributed by atoms with Gasteiger partial charge in [-0.2, -0.15) is 0 Å². The topological polar surface area (TPSA) is 101 Å². The molecule has 1 amide bonds. The summed E-state index contributed by atoms with van der Waals surface area (Å²) < 4.78 is -0.0228. The van der Waals surface area contributed by atoms with Crippen LogP contribution in [-0.4, -0.2) is 43.6 Å². The van der Waals surface area contributed by atoms with Gasteiger partial charge in [0.25, 0.3) is 11.5 Å². The number of hydrogen-bond donors (Lipinski definition) is 2. The molecule has 166 valence electrons. The average molecular weight is 487 g/mol. The minimum absolute atomic E-state index is 0.0249. The molecule has 0 spiro atoms. The maximum absolute atomic E-state index is 12.8. The maximum atomic E-state index is 12.8. The first-order valence-corrected chi connectivity index (χ1v) is 10.8. The molecule has 8 nitrogen and oxygen atoms in total. The molecule has 0 aliphatic carbocycles. The summed E-state index contributed by atoms with van der Waals surface area (Å²) in [6.07, 6.45) is -0.0170. The van der Waals surface area contributed by atoms with Crippen LogP contribution in [0, 0.1) is 11.1 Å². The van der Waals surface area contributed by atoms with E-state index in [1.807, 2.05) is 11.0 Å². The molecule has 3 heterocycles. The molecule has 31 heavy (non-hydrogen) atoms. The predicted octanol–water partition coefficient (Wildman–Crippen LogP) is 3.09. The van der Waals surface area contributed by atoms with Crippen molar-refractivity contribution in [1.29, 1.82) is 0 Å². The molecule has 0 saturated carbocycles. The Kier molecular flexibility index (Phi) is 6.22. The van der Waals surface area contributed by atoms with Gasteiger partial charge < -0.3 is 20.3 Å². The zero-order valence-corrected chi connectivity index (χ0v) is 18.5. The number of anilines is 1. The number of piperidine rings is 1. The Hall–Kier alpha value is -1.81. The average Bonchev–Trinajstić information content (AvgIpc) is 2.71. The molecule has 2 aliphatic heterocycles. The highest BCUT2D eigenvalue weighted by atomic mass is 35.6. The first-order chi connectivity index (χ1) is 14.6. The Bertz CT molecular complexity index is 1040. The summed E-state index contributed by atoms with van der Waals surface area (Å²) in [6, 6.07) is 10.8. The highest BCUT2D eigenvalue weighted by Gasteiger charge is 2.44. The van der Waals surface area contributed by atoms with E-state index in [1.165, 1.54) is 24.3 Å². The first kappa shape index (κ1) is 22.4. The van der Waals surface area contributed by atoms with E-state index < -0.39 is 15.9 Å². The van der Waals surface area contributed by atoms with Gasteiger partial charge in [0.2, 0.25) is 3.79 Å². The summed E-state index contributed by atoms with van der Waals surface area (Å²) in [5.74, 6) is -0.308. The second kappa shape index (κ2) is 8.61. The van der Waals surface area contributed by atoms with Gasteiger partial charge in [-0.3, -0.25) is 19.7 Å². The third-order valence-corrected chi connectivity index (χ3v) is 6.40. The Morgan fingerprint density at radius 3 is 2.65 bits per heavy atom. The fourth-order valence-corrected chi connectivity index (χ4v) is 5.08. The molecule has 2 bridgehead atoms. The lowest BCUT2D eigenvalue weighted by Gasteiger charge is -2.47. The van der Waals surface area contributed by atoms with E-state index in [1.54, 1.807) is 16.7 Å². The number of aromatic nitrogens is 1.